The van der Waals surface area contributed by atoms with E-state index in [4.69, 9.17) is 5.73 Å². The van der Waals surface area contributed by atoms with Crippen LogP contribution in [0.15, 0.2) is 42.7 Å². The molecule has 0 aliphatic rings. The van der Waals surface area contributed by atoms with Gasteiger partial charge in [0.1, 0.15) is 6.04 Å². The molecule has 3 amide bonds. The highest BCUT2D eigenvalue weighted by atomic mass is 16.2. The minimum atomic E-state index is -0.721. The van der Waals surface area contributed by atoms with Gasteiger partial charge >= 0.3 is 6.03 Å². The molecule has 4 N–H and O–H groups in total. The van der Waals surface area contributed by atoms with Gasteiger partial charge in [0.2, 0.25) is 5.91 Å². The number of benzene rings is 1. The van der Waals surface area contributed by atoms with Crippen molar-refractivity contribution in [2.45, 2.75) is 19.5 Å². The number of nitrogens with two attached hydrogens (primary N) is 1. The smallest absolute Gasteiger partial charge is 0.312 e. The molecule has 0 saturated carbocycles. The van der Waals surface area contributed by atoms with Gasteiger partial charge < -0.3 is 16.4 Å². The SMILES string of the molecule is C[C@@H](NC(N)=O)C(=O)NCc1ccc(-n2cccn2)cc1. The fourth-order valence-electron chi connectivity index (χ4n) is 1.81. The lowest BCUT2D eigenvalue weighted by Gasteiger charge is -2.12. The van der Waals surface area contributed by atoms with Gasteiger partial charge in [-0.05, 0) is 30.7 Å². The van der Waals surface area contributed by atoms with Gasteiger partial charge in [0.05, 0.1) is 5.69 Å². The third kappa shape index (κ3) is 4.07. The fourth-order valence-corrected chi connectivity index (χ4v) is 1.81. The predicted octanol–water partition coefficient (Wildman–Crippen LogP) is 0.545. The number of nitrogens with one attached hydrogen (secondary N) is 2. The lowest BCUT2D eigenvalue weighted by Crippen LogP contribution is -2.46. The number of nitrogens with zero attached hydrogens (tertiary/aromatic N) is 2. The average molecular weight is 287 g/mol. The highest BCUT2D eigenvalue weighted by Crippen LogP contribution is 2.08. The van der Waals surface area contributed by atoms with Crippen LogP contribution in [0.5, 0.6) is 0 Å². The van der Waals surface area contributed by atoms with Gasteiger partial charge in [0, 0.05) is 18.9 Å². The van der Waals surface area contributed by atoms with Crippen LogP contribution in [-0.4, -0.2) is 27.8 Å². The summed E-state index contributed by atoms with van der Waals surface area (Å²) in [5, 5.41) is 9.18. The van der Waals surface area contributed by atoms with Gasteiger partial charge in [0.15, 0.2) is 0 Å². The fraction of sp³-hybridized carbons (Fsp3) is 0.214. The van der Waals surface area contributed by atoms with Crippen molar-refractivity contribution in [2.24, 2.45) is 5.73 Å². The van der Waals surface area contributed by atoms with Crippen molar-refractivity contribution in [1.82, 2.24) is 20.4 Å². The number of carbonyl (C=O) groups excluding carboxylic acids is 2. The molecule has 0 bridgehead atoms. The predicted molar refractivity (Wildman–Crippen MR) is 77.6 cm³/mol. The Bertz CT molecular complexity index is 607. The average Bonchev–Trinajstić information content (AvgIpc) is 2.98. The van der Waals surface area contributed by atoms with E-state index in [0.29, 0.717) is 6.54 Å². The molecule has 1 aromatic heterocycles. The first kappa shape index (κ1) is 14.6. The van der Waals surface area contributed by atoms with Crippen LogP contribution < -0.4 is 16.4 Å². The normalized spacial score (nSPS) is 11.7. The van der Waals surface area contributed by atoms with E-state index in [-0.39, 0.29) is 5.91 Å². The number of amides is 3. The second kappa shape index (κ2) is 6.56. The molecule has 0 unspecified atom stereocenters. The Morgan fingerprint density at radius 1 is 1.33 bits per heavy atom. The molecule has 110 valence electrons. The maximum absolute atomic E-state index is 11.7. The number of hydrogen-bond donors (Lipinski definition) is 3. The summed E-state index contributed by atoms with van der Waals surface area (Å²) >= 11 is 0. The molecular formula is C14H17N5O2. The lowest BCUT2D eigenvalue weighted by molar-refractivity contribution is -0.122. The minimum absolute atomic E-state index is 0.287. The second-order valence-corrected chi connectivity index (χ2v) is 4.57. The Morgan fingerprint density at radius 3 is 2.62 bits per heavy atom. The number of carbonyl (C=O) groups is 2. The van der Waals surface area contributed by atoms with Crippen molar-refractivity contribution >= 4 is 11.9 Å². The second-order valence-electron chi connectivity index (χ2n) is 4.57. The van der Waals surface area contributed by atoms with E-state index in [1.165, 1.54) is 0 Å². The van der Waals surface area contributed by atoms with Gasteiger partial charge in [-0.3, -0.25) is 4.79 Å². The van der Waals surface area contributed by atoms with Crippen LogP contribution in [0.4, 0.5) is 4.79 Å². The summed E-state index contributed by atoms with van der Waals surface area (Å²) in [6.45, 7) is 1.95. The van der Waals surface area contributed by atoms with Crippen molar-refractivity contribution in [1.29, 1.82) is 0 Å². The van der Waals surface area contributed by atoms with E-state index in [1.807, 2.05) is 36.5 Å². The molecule has 1 heterocycles. The number of hydrogen-bond acceptors (Lipinski definition) is 3. The van der Waals surface area contributed by atoms with Crippen LogP contribution in [0.3, 0.4) is 0 Å². The van der Waals surface area contributed by atoms with Crippen molar-refractivity contribution in [3.8, 4) is 5.69 Å². The molecule has 7 nitrogen and oxygen atoms in total. The zero-order valence-electron chi connectivity index (χ0n) is 11.6. The number of primary amides is 1. The Balaban J connectivity index is 1.89. The molecule has 1 aromatic carbocycles. The molecule has 0 aliphatic carbocycles. The molecule has 7 heteroatoms. The summed E-state index contributed by atoms with van der Waals surface area (Å²) in [7, 11) is 0. The van der Waals surface area contributed by atoms with Crippen LogP contribution >= 0.6 is 0 Å². The summed E-state index contributed by atoms with van der Waals surface area (Å²) in [5.41, 5.74) is 6.86. The van der Waals surface area contributed by atoms with Crippen LogP contribution in [0.25, 0.3) is 5.69 Å². The first-order valence-corrected chi connectivity index (χ1v) is 6.49. The van der Waals surface area contributed by atoms with E-state index >= 15 is 0 Å². The topological polar surface area (TPSA) is 102 Å². The van der Waals surface area contributed by atoms with E-state index in [9.17, 15) is 9.59 Å². The highest BCUT2D eigenvalue weighted by Gasteiger charge is 2.13. The Hall–Kier alpha value is -2.83. The van der Waals surface area contributed by atoms with Crippen LogP contribution in [0.1, 0.15) is 12.5 Å². The Morgan fingerprint density at radius 2 is 2.05 bits per heavy atom. The van der Waals surface area contributed by atoms with Crippen LogP contribution in [0.2, 0.25) is 0 Å². The number of urea groups is 1. The lowest BCUT2D eigenvalue weighted by atomic mass is 10.2. The summed E-state index contributed by atoms with van der Waals surface area (Å²) in [6, 6.07) is 8.11. The van der Waals surface area contributed by atoms with Crippen molar-refractivity contribution in [3.05, 3.63) is 48.3 Å². The monoisotopic (exact) mass is 287 g/mol. The van der Waals surface area contributed by atoms with Gasteiger partial charge in [-0.1, -0.05) is 12.1 Å². The molecule has 0 spiro atoms. The van der Waals surface area contributed by atoms with Crippen molar-refractivity contribution < 1.29 is 9.59 Å². The van der Waals surface area contributed by atoms with E-state index in [0.717, 1.165) is 11.3 Å². The molecule has 2 rings (SSSR count). The zero-order valence-corrected chi connectivity index (χ0v) is 11.6. The minimum Gasteiger partial charge on any atom is -0.352 e. The van der Waals surface area contributed by atoms with E-state index in [1.54, 1.807) is 17.8 Å². The van der Waals surface area contributed by atoms with E-state index < -0.39 is 12.1 Å². The number of aromatic nitrogens is 2. The highest BCUT2D eigenvalue weighted by molar-refractivity contribution is 5.86. The van der Waals surface area contributed by atoms with E-state index in [2.05, 4.69) is 15.7 Å². The van der Waals surface area contributed by atoms with Gasteiger partial charge in [-0.2, -0.15) is 5.10 Å². The van der Waals surface area contributed by atoms with Crippen molar-refractivity contribution in [2.75, 3.05) is 0 Å². The molecule has 0 aliphatic heterocycles. The van der Waals surface area contributed by atoms with Gasteiger partial charge in [-0.25, -0.2) is 9.48 Å². The summed E-state index contributed by atoms with van der Waals surface area (Å²) in [5.74, 6) is -0.287. The quantitative estimate of drug-likeness (QED) is 0.748. The maximum atomic E-state index is 11.7. The molecule has 2 aromatic rings. The largest absolute Gasteiger partial charge is 0.352 e. The summed E-state index contributed by atoms with van der Waals surface area (Å²) in [6.07, 6.45) is 3.56. The van der Waals surface area contributed by atoms with Crippen LogP contribution in [-0.2, 0) is 11.3 Å². The molecule has 1 atom stereocenters. The first-order valence-electron chi connectivity index (χ1n) is 6.49. The molecule has 0 saturated heterocycles. The van der Waals surface area contributed by atoms with Crippen LogP contribution in [0, 0.1) is 0 Å². The summed E-state index contributed by atoms with van der Waals surface area (Å²) in [4.78, 5) is 22.4. The first-order chi connectivity index (χ1) is 10.1. The molecule has 0 fully saturated rings. The molecule has 21 heavy (non-hydrogen) atoms. The molecular weight excluding hydrogens is 270 g/mol. The third-order valence-electron chi connectivity index (χ3n) is 2.92. The Kier molecular flexibility index (Phi) is 4.55. The van der Waals surface area contributed by atoms with Gasteiger partial charge in [0.25, 0.3) is 0 Å². The molecule has 0 radical (unpaired) electrons. The van der Waals surface area contributed by atoms with Crippen molar-refractivity contribution in [3.63, 3.8) is 0 Å². The third-order valence-corrected chi connectivity index (χ3v) is 2.92. The standard InChI is InChI=1S/C14H17N5O2/c1-10(18-14(15)21)13(20)16-9-11-3-5-12(6-4-11)19-8-2-7-17-19/h2-8,10H,9H2,1H3,(H,16,20)(H3,15,18,21)/t10-/m1/s1. The zero-order chi connectivity index (χ0) is 15.2. The Labute approximate surface area is 122 Å². The number of rotatable bonds is 5. The summed E-state index contributed by atoms with van der Waals surface area (Å²) < 4.78 is 1.75. The van der Waals surface area contributed by atoms with Gasteiger partial charge in [-0.15, -0.1) is 0 Å². The maximum Gasteiger partial charge on any atom is 0.312 e.